The summed E-state index contributed by atoms with van der Waals surface area (Å²) in [4.78, 5) is 13.5. The monoisotopic (exact) mass is 256 g/mol. The average Bonchev–Trinajstić information content (AvgIpc) is 2.39. The van der Waals surface area contributed by atoms with Crippen LogP contribution in [0, 0.1) is 0 Å². The minimum absolute atomic E-state index is 0.0966. The van der Waals surface area contributed by atoms with Gasteiger partial charge in [0.1, 0.15) is 0 Å². The Morgan fingerprint density at radius 3 is 2.22 bits per heavy atom. The lowest BCUT2D eigenvalue weighted by Gasteiger charge is -2.10. The maximum absolute atomic E-state index is 12.4. The van der Waals surface area contributed by atoms with Gasteiger partial charge in [0.2, 0.25) is 0 Å². The number of carbonyl (C=O) groups excluding carboxylic acids is 1. The lowest BCUT2D eigenvalue weighted by atomic mass is 10.0. The molecule has 2 rings (SSSR count). The second kappa shape index (κ2) is 5.87. The topological polar surface area (TPSA) is 17.1 Å². The van der Waals surface area contributed by atoms with E-state index < -0.39 is 0 Å². The Bertz CT molecular complexity index is 532. The average molecular weight is 256 g/mol. The van der Waals surface area contributed by atoms with Crippen LogP contribution >= 0.6 is 11.8 Å². The molecule has 0 N–H and O–H groups in total. The number of hydrogen-bond acceptors (Lipinski definition) is 2. The van der Waals surface area contributed by atoms with Crippen molar-refractivity contribution in [3.8, 4) is 0 Å². The molecule has 0 saturated heterocycles. The van der Waals surface area contributed by atoms with Crippen LogP contribution < -0.4 is 0 Å². The van der Waals surface area contributed by atoms with Crippen molar-refractivity contribution in [3.63, 3.8) is 0 Å². The van der Waals surface area contributed by atoms with Gasteiger partial charge in [0.25, 0.3) is 0 Å². The molecule has 0 bridgehead atoms. The van der Waals surface area contributed by atoms with Crippen LogP contribution in [0.1, 0.15) is 29.8 Å². The van der Waals surface area contributed by atoms with Crippen molar-refractivity contribution in [2.24, 2.45) is 0 Å². The predicted octanol–water partition coefficient (Wildman–Crippen LogP) is 4.42. The van der Waals surface area contributed by atoms with E-state index in [1.54, 1.807) is 11.8 Å². The van der Waals surface area contributed by atoms with Crippen LogP contribution in [-0.4, -0.2) is 11.0 Å². The van der Waals surface area contributed by atoms with Crippen LogP contribution in [0.3, 0.4) is 0 Å². The molecule has 0 saturated carbocycles. The van der Waals surface area contributed by atoms with E-state index in [1.165, 1.54) is 0 Å². The summed E-state index contributed by atoms with van der Waals surface area (Å²) < 4.78 is 0. The van der Waals surface area contributed by atoms with E-state index in [2.05, 4.69) is 13.8 Å². The summed E-state index contributed by atoms with van der Waals surface area (Å²) in [6.07, 6.45) is 0. The minimum atomic E-state index is 0.0966. The van der Waals surface area contributed by atoms with Crippen LogP contribution in [-0.2, 0) is 0 Å². The van der Waals surface area contributed by atoms with E-state index in [-0.39, 0.29) is 5.78 Å². The fourth-order valence-electron chi connectivity index (χ4n) is 1.76. The van der Waals surface area contributed by atoms with Gasteiger partial charge in [0, 0.05) is 21.3 Å². The molecule has 0 amide bonds. The van der Waals surface area contributed by atoms with Gasteiger partial charge in [0.15, 0.2) is 5.78 Å². The zero-order valence-corrected chi connectivity index (χ0v) is 11.4. The van der Waals surface area contributed by atoms with Crippen LogP contribution in [0.25, 0.3) is 0 Å². The van der Waals surface area contributed by atoms with Gasteiger partial charge in [-0.2, -0.15) is 0 Å². The van der Waals surface area contributed by atoms with Gasteiger partial charge in [-0.1, -0.05) is 56.3 Å². The first kappa shape index (κ1) is 12.9. The first-order chi connectivity index (χ1) is 8.68. The number of hydrogen-bond donors (Lipinski definition) is 0. The molecule has 0 unspecified atom stereocenters. The first-order valence-corrected chi connectivity index (χ1v) is 6.92. The van der Waals surface area contributed by atoms with E-state index in [0.29, 0.717) is 5.25 Å². The molecular formula is C16H16OS. The molecule has 2 heteroatoms. The third-order valence-corrected chi connectivity index (χ3v) is 3.61. The lowest BCUT2D eigenvalue weighted by Crippen LogP contribution is -2.03. The molecule has 0 aromatic heterocycles. The molecular weight excluding hydrogens is 240 g/mol. The Kier molecular flexibility index (Phi) is 4.21. The number of ketones is 1. The van der Waals surface area contributed by atoms with Gasteiger partial charge in [-0.15, -0.1) is 11.8 Å². The lowest BCUT2D eigenvalue weighted by molar-refractivity contribution is 0.103. The number of rotatable bonds is 4. The van der Waals surface area contributed by atoms with Crippen molar-refractivity contribution in [2.45, 2.75) is 24.0 Å². The van der Waals surface area contributed by atoms with Crippen LogP contribution in [0.4, 0.5) is 0 Å². The van der Waals surface area contributed by atoms with Gasteiger partial charge in [-0.3, -0.25) is 4.79 Å². The van der Waals surface area contributed by atoms with Crippen LogP contribution in [0.2, 0.25) is 0 Å². The smallest absolute Gasteiger partial charge is 0.194 e. The largest absolute Gasteiger partial charge is 0.289 e. The maximum atomic E-state index is 12.4. The molecule has 0 aliphatic heterocycles. The number of thioether (sulfide) groups is 1. The molecule has 18 heavy (non-hydrogen) atoms. The fourth-order valence-corrected chi connectivity index (χ4v) is 2.71. The zero-order valence-electron chi connectivity index (χ0n) is 10.6. The van der Waals surface area contributed by atoms with Crippen LogP contribution in [0.5, 0.6) is 0 Å². The molecule has 0 spiro atoms. The van der Waals surface area contributed by atoms with Crippen molar-refractivity contribution < 1.29 is 4.79 Å². The predicted molar refractivity (Wildman–Crippen MR) is 77.3 cm³/mol. The van der Waals surface area contributed by atoms with E-state index in [9.17, 15) is 4.79 Å². The molecule has 0 radical (unpaired) electrons. The Morgan fingerprint density at radius 2 is 1.56 bits per heavy atom. The summed E-state index contributed by atoms with van der Waals surface area (Å²) in [5.74, 6) is 0.0966. The maximum Gasteiger partial charge on any atom is 0.194 e. The number of carbonyl (C=O) groups is 1. The SMILES string of the molecule is CC(C)Sc1ccccc1C(=O)c1ccccc1. The number of benzene rings is 2. The van der Waals surface area contributed by atoms with E-state index >= 15 is 0 Å². The second-order valence-electron chi connectivity index (χ2n) is 4.36. The fraction of sp³-hybridized carbons (Fsp3) is 0.188. The second-order valence-corrected chi connectivity index (χ2v) is 5.98. The summed E-state index contributed by atoms with van der Waals surface area (Å²) in [5, 5.41) is 0.467. The van der Waals surface area contributed by atoms with Gasteiger partial charge >= 0.3 is 0 Å². The quantitative estimate of drug-likeness (QED) is 0.595. The molecule has 2 aromatic rings. The molecule has 0 aliphatic rings. The van der Waals surface area contributed by atoms with Crippen molar-refractivity contribution in [1.29, 1.82) is 0 Å². The van der Waals surface area contributed by atoms with E-state index in [1.807, 2.05) is 54.6 Å². The Morgan fingerprint density at radius 1 is 0.944 bits per heavy atom. The van der Waals surface area contributed by atoms with Crippen molar-refractivity contribution in [2.75, 3.05) is 0 Å². The van der Waals surface area contributed by atoms with E-state index in [4.69, 9.17) is 0 Å². The molecule has 2 aromatic carbocycles. The van der Waals surface area contributed by atoms with Crippen LogP contribution in [0.15, 0.2) is 59.5 Å². The Hall–Kier alpha value is -1.54. The molecule has 0 fully saturated rings. The molecule has 92 valence electrons. The van der Waals surface area contributed by atoms with Crippen molar-refractivity contribution >= 4 is 17.5 Å². The minimum Gasteiger partial charge on any atom is -0.289 e. The highest BCUT2D eigenvalue weighted by Crippen LogP contribution is 2.28. The first-order valence-electron chi connectivity index (χ1n) is 6.04. The summed E-state index contributed by atoms with van der Waals surface area (Å²) in [6.45, 7) is 4.27. The molecule has 0 heterocycles. The Labute approximate surface area is 112 Å². The standard InChI is InChI=1S/C16H16OS/c1-12(2)18-15-11-7-6-10-14(15)16(17)13-8-4-3-5-9-13/h3-12H,1-2H3. The summed E-state index contributed by atoms with van der Waals surface area (Å²) in [5.41, 5.74) is 1.54. The van der Waals surface area contributed by atoms with Crippen molar-refractivity contribution in [1.82, 2.24) is 0 Å². The van der Waals surface area contributed by atoms with Gasteiger partial charge in [-0.05, 0) is 12.1 Å². The van der Waals surface area contributed by atoms with Gasteiger partial charge in [0.05, 0.1) is 0 Å². The molecule has 0 aliphatic carbocycles. The third kappa shape index (κ3) is 3.02. The zero-order chi connectivity index (χ0) is 13.0. The summed E-state index contributed by atoms with van der Waals surface area (Å²) in [6, 6.07) is 17.2. The third-order valence-electron chi connectivity index (χ3n) is 2.53. The van der Waals surface area contributed by atoms with Crippen molar-refractivity contribution in [3.05, 3.63) is 65.7 Å². The molecule has 0 atom stereocenters. The van der Waals surface area contributed by atoms with E-state index in [0.717, 1.165) is 16.0 Å². The Balaban J connectivity index is 2.36. The normalized spacial score (nSPS) is 10.6. The highest BCUT2D eigenvalue weighted by Gasteiger charge is 2.13. The van der Waals surface area contributed by atoms with Gasteiger partial charge in [-0.25, -0.2) is 0 Å². The van der Waals surface area contributed by atoms with Gasteiger partial charge < -0.3 is 0 Å². The highest BCUT2D eigenvalue weighted by molar-refractivity contribution is 8.00. The summed E-state index contributed by atoms with van der Waals surface area (Å²) >= 11 is 1.73. The highest BCUT2D eigenvalue weighted by atomic mass is 32.2. The molecule has 1 nitrogen and oxygen atoms in total. The summed E-state index contributed by atoms with van der Waals surface area (Å²) in [7, 11) is 0.